The van der Waals surface area contributed by atoms with E-state index in [0.717, 1.165) is 10.1 Å². The molecule has 0 aliphatic heterocycles. The quantitative estimate of drug-likeness (QED) is 0.404. The molecule has 1 unspecified atom stereocenters. The second kappa shape index (κ2) is 6.95. The zero-order chi connectivity index (χ0) is 18.0. The Hall–Kier alpha value is -2.22. The van der Waals surface area contributed by atoms with Crippen molar-refractivity contribution < 1.29 is 18.4 Å². The van der Waals surface area contributed by atoms with E-state index in [4.69, 9.17) is 0 Å². The lowest BCUT2D eigenvalue weighted by Gasteiger charge is -2.21. The van der Waals surface area contributed by atoms with Gasteiger partial charge in [-0.2, -0.15) is 0 Å². The van der Waals surface area contributed by atoms with Crippen molar-refractivity contribution in [2.75, 3.05) is 0 Å². The van der Waals surface area contributed by atoms with E-state index in [1.54, 1.807) is 36.5 Å². The van der Waals surface area contributed by atoms with Gasteiger partial charge in [0.25, 0.3) is 0 Å². The minimum absolute atomic E-state index is 0.119. The number of amides is 1. The molecule has 130 valence electrons. The molecule has 1 N–H and O–H groups in total. The van der Waals surface area contributed by atoms with Crippen molar-refractivity contribution in [1.29, 1.82) is 0 Å². The van der Waals surface area contributed by atoms with Crippen LogP contribution in [0.15, 0.2) is 58.8 Å². The van der Waals surface area contributed by atoms with Crippen LogP contribution in [-0.2, 0) is 20.4 Å². The third kappa shape index (κ3) is 3.58. The Bertz CT molecular complexity index is 1010. The normalized spacial score (nSPS) is 12.9. The fraction of sp³-hybridized carbons (Fsp3) is 0.167. The Labute approximate surface area is 150 Å². The smallest absolute Gasteiger partial charge is 0.233 e. The summed E-state index contributed by atoms with van der Waals surface area (Å²) in [5.41, 5.74) is 1.08. The third-order valence-electron chi connectivity index (χ3n) is 4.08. The predicted molar refractivity (Wildman–Crippen MR) is 97.3 cm³/mol. The minimum atomic E-state index is -3.63. The second-order valence-electron chi connectivity index (χ2n) is 5.75. The van der Waals surface area contributed by atoms with Gasteiger partial charge in [-0.15, -0.1) is 11.3 Å². The molecule has 3 rings (SSSR count). The molecular formula is C18H17NO4S2. The Kier molecular flexibility index (Phi) is 4.89. The van der Waals surface area contributed by atoms with Crippen LogP contribution in [0.1, 0.15) is 24.1 Å². The van der Waals surface area contributed by atoms with Gasteiger partial charge in [-0.25, -0.2) is 13.5 Å². The van der Waals surface area contributed by atoms with Crippen LogP contribution in [-0.4, -0.2) is 25.1 Å². The van der Waals surface area contributed by atoms with Gasteiger partial charge in [0, 0.05) is 4.70 Å². The van der Waals surface area contributed by atoms with Gasteiger partial charge >= 0.3 is 0 Å². The molecule has 3 aromatic rings. The molecule has 2 aromatic carbocycles. The lowest BCUT2D eigenvalue weighted by atomic mass is 10.1. The van der Waals surface area contributed by atoms with Crippen molar-refractivity contribution in [3.8, 4) is 0 Å². The average molecular weight is 375 g/mol. The lowest BCUT2D eigenvalue weighted by molar-refractivity contribution is -0.159. The molecule has 1 amide bonds. The fourth-order valence-electron chi connectivity index (χ4n) is 2.75. The van der Waals surface area contributed by atoms with E-state index in [2.05, 4.69) is 0 Å². The lowest BCUT2D eigenvalue weighted by Crippen LogP contribution is -2.23. The molecule has 0 spiro atoms. The van der Waals surface area contributed by atoms with Gasteiger partial charge in [-0.1, -0.05) is 24.3 Å². The maximum Gasteiger partial charge on any atom is 0.233 e. The second-order valence-corrected chi connectivity index (χ2v) is 8.66. The van der Waals surface area contributed by atoms with Crippen molar-refractivity contribution in [1.82, 2.24) is 5.06 Å². The predicted octanol–water partition coefficient (Wildman–Crippen LogP) is 3.78. The summed E-state index contributed by atoms with van der Waals surface area (Å²) in [6, 6.07) is 13.2. The first-order valence-corrected chi connectivity index (χ1v) is 10.2. The number of thiophene rings is 1. The Morgan fingerprint density at radius 3 is 2.72 bits per heavy atom. The zero-order valence-electron chi connectivity index (χ0n) is 13.5. The van der Waals surface area contributed by atoms with E-state index >= 15 is 0 Å². The van der Waals surface area contributed by atoms with Crippen molar-refractivity contribution in [3.63, 3.8) is 0 Å². The standard InChI is InChI=1S/C18H17NO4S2/c1-13(19(21)12-20)16-4-2-3-5-18(16)25(22,23)11-14-6-7-17-15(10-14)8-9-24-17/h2-10,12-13,21H,11H2,1H3. The summed E-state index contributed by atoms with van der Waals surface area (Å²) in [6.07, 6.45) is 0.262. The first-order chi connectivity index (χ1) is 11.9. The van der Waals surface area contributed by atoms with Gasteiger partial charge in [0.2, 0.25) is 6.41 Å². The highest BCUT2D eigenvalue weighted by Gasteiger charge is 2.24. The average Bonchev–Trinajstić information content (AvgIpc) is 3.07. The molecule has 7 heteroatoms. The molecule has 0 aliphatic rings. The number of sulfone groups is 1. The van der Waals surface area contributed by atoms with Gasteiger partial charge in [0.1, 0.15) is 0 Å². The fourth-order valence-corrected chi connectivity index (χ4v) is 5.17. The maximum atomic E-state index is 12.9. The number of rotatable bonds is 6. The summed E-state index contributed by atoms with van der Waals surface area (Å²) in [5.74, 6) is -0.144. The molecule has 0 saturated carbocycles. The number of hydroxylamine groups is 2. The molecule has 1 aromatic heterocycles. The third-order valence-corrected chi connectivity index (χ3v) is 6.74. The molecule has 0 aliphatic carbocycles. The summed E-state index contributed by atoms with van der Waals surface area (Å²) < 4.78 is 27.0. The topological polar surface area (TPSA) is 74.7 Å². The summed E-state index contributed by atoms with van der Waals surface area (Å²) in [4.78, 5) is 10.9. The molecule has 1 atom stereocenters. The monoisotopic (exact) mass is 375 g/mol. The number of nitrogens with zero attached hydrogens (tertiary/aromatic N) is 1. The zero-order valence-corrected chi connectivity index (χ0v) is 15.1. The summed E-state index contributed by atoms with van der Waals surface area (Å²) in [6.45, 7) is 1.57. The Balaban J connectivity index is 1.98. The summed E-state index contributed by atoms with van der Waals surface area (Å²) in [5, 5.41) is 13.1. The molecule has 25 heavy (non-hydrogen) atoms. The van der Waals surface area contributed by atoms with Crippen LogP contribution in [0.5, 0.6) is 0 Å². The number of fused-ring (bicyclic) bond motifs is 1. The van der Waals surface area contributed by atoms with Crippen LogP contribution in [0.4, 0.5) is 0 Å². The number of benzene rings is 2. The highest BCUT2D eigenvalue weighted by molar-refractivity contribution is 7.90. The number of carbonyl (C=O) groups is 1. The molecular weight excluding hydrogens is 358 g/mol. The first-order valence-electron chi connectivity index (χ1n) is 7.63. The highest BCUT2D eigenvalue weighted by Crippen LogP contribution is 2.29. The van der Waals surface area contributed by atoms with E-state index in [1.807, 2.05) is 29.6 Å². The van der Waals surface area contributed by atoms with Crippen molar-refractivity contribution >= 4 is 37.7 Å². The molecule has 0 bridgehead atoms. The van der Waals surface area contributed by atoms with Crippen LogP contribution in [0.2, 0.25) is 0 Å². The van der Waals surface area contributed by atoms with E-state index in [-0.39, 0.29) is 17.1 Å². The van der Waals surface area contributed by atoms with Gasteiger partial charge in [-0.05, 0) is 53.1 Å². The van der Waals surface area contributed by atoms with E-state index in [1.165, 1.54) is 6.07 Å². The van der Waals surface area contributed by atoms with Crippen molar-refractivity contribution in [2.24, 2.45) is 0 Å². The van der Waals surface area contributed by atoms with Crippen LogP contribution in [0, 0.1) is 0 Å². The summed E-state index contributed by atoms with van der Waals surface area (Å²) in [7, 11) is -3.63. The van der Waals surface area contributed by atoms with Crippen LogP contribution < -0.4 is 0 Å². The Morgan fingerprint density at radius 1 is 1.20 bits per heavy atom. The number of hydrogen-bond donors (Lipinski definition) is 1. The largest absolute Gasteiger partial charge is 0.286 e. The highest BCUT2D eigenvalue weighted by atomic mass is 32.2. The molecule has 0 saturated heterocycles. The van der Waals surface area contributed by atoms with Crippen LogP contribution in [0.25, 0.3) is 10.1 Å². The van der Waals surface area contributed by atoms with Gasteiger partial charge in [0.05, 0.1) is 16.7 Å². The van der Waals surface area contributed by atoms with Crippen LogP contribution in [0.3, 0.4) is 0 Å². The van der Waals surface area contributed by atoms with Crippen molar-refractivity contribution in [2.45, 2.75) is 23.6 Å². The van der Waals surface area contributed by atoms with Gasteiger partial charge < -0.3 is 0 Å². The van der Waals surface area contributed by atoms with Crippen molar-refractivity contribution in [3.05, 3.63) is 65.0 Å². The number of carbonyl (C=O) groups excluding carboxylic acids is 1. The first kappa shape index (κ1) is 17.6. The number of hydrogen-bond acceptors (Lipinski definition) is 5. The molecule has 0 radical (unpaired) electrons. The molecule has 0 fully saturated rings. The van der Waals surface area contributed by atoms with Gasteiger partial charge in [-0.3, -0.25) is 10.0 Å². The van der Waals surface area contributed by atoms with Crippen LogP contribution >= 0.6 is 11.3 Å². The van der Waals surface area contributed by atoms with Gasteiger partial charge in [0.15, 0.2) is 9.84 Å². The Morgan fingerprint density at radius 2 is 1.96 bits per heavy atom. The van der Waals surface area contributed by atoms with E-state index in [0.29, 0.717) is 16.2 Å². The minimum Gasteiger partial charge on any atom is -0.286 e. The molecule has 5 nitrogen and oxygen atoms in total. The summed E-state index contributed by atoms with van der Waals surface area (Å²) >= 11 is 1.61. The van der Waals surface area contributed by atoms with E-state index in [9.17, 15) is 18.4 Å². The maximum absolute atomic E-state index is 12.9. The van der Waals surface area contributed by atoms with E-state index < -0.39 is 15.9 Å². The SMILES string of the molecule is CC(c1ccccc1S(=O)(=O)Cc1ccc2sccc2c1)N(O)C=O. The molecule has 1 heterocycles.